The number of hydrogen-bond acceptors (Lipinski definition) is 3. The molecule has 90 valence electrons. The van der Waals surface area contributed by atoms with Gasteiger partial charge in [-0.1, -0.05) is 0 Å². The Bertz CT molecular complexity index is 469. The summed E-state index contributed by atoms with van der Waals surface area (Å²) in [5, 5.41) is 2.84. The maximum Gasteiger partial charge on any atom is 0.191 e. The number of rotatable bonds is 4. The van der Waals surface area contributed by atoms with E-state index < -0.39 is 15.7 Å². The molecule has 0 fully saturated rings. The highest BCUT2D eigenvalue weighted by molar-refractivity contribution is 7.91. The third-order valence-electron chi connectivity index (χ3n) is 2.15. The Labute approximate surface area is 95.6 Å². The molecule has 0 aliphatic heterocycles. The fourth-order valence-electron chi connectivity index (χ4n) is 1.32. The van der Waals surface area contributed by atoms with Crippen LogP contribution in [0.5, 0.6) is 0 Å². The molecule has 0 aliphatic rings. The van der Waals surface area contributed by atoms with Crippen molar-refractivity contribution >= 4 is 9.84 Å². The van der Waals surface area contributed by atoms with Gasteiger partial charge in [-0.15, -0.1) is 0 Å². The molecule has 3 nitrogen and oxygen atoms in total. The van der Waals surface area contributed by atoms with Crippen molar-refractivity contribution in [2.45, 2.75) is 31.7 Å². The van der Waals surface area contributed by atoms with E-state index >= 15 is 0 Å². The topological polar surface area (TPSA) is 46.2 Å². The molecule has 0 radical (unpaired) electrons. The summed E-state index contributed by atoms with van der Waals surface area (Å²) < 4.78 is 36.6. The first kappa shape index (κ1) is 13.1. The van der Waals surface area contributed by atoms with Crippen molar-refractivity contribution in [1.29, 1.82) is 0 Å². The van der Waals surface area contributed by atoms with Crippen LogP contribution >= 0.6 is 0 Å². The summed E-state index contributed by atoms with van der Waals surface area (Å²) in [6, 6.07) is 3.79. The summed E-state index contributed by atoms with van der Waals surface area (Å²) in [5.74, 6) is -0.551. The minimum atomic E-state index is -3.38. The molecule has 0 amide bonds. The number of benzene rings is 1. The summed E-state index contributed by atoms with van der Waals surface area (Å²) in [6.07, 6.45) is 0. The predicted molar refractivity (Wildman–Crippen MR) is 61.5 cm³/mol. The Morgan fingerprint density at radius 1 is 1.38 bits per heavy atom. The standard InChI is InChI=1S/C11H16FNO2S/c1-8(2)13-7-16(14,15)11-5-4-10(12)6-9(11)3/h4-6,8,13H,7H2,1-3H3. The highest BCUT2D eigenvalue weighted by atomic mass is 32.2. The average molecular weight is 245 g/mol. The smallest absolute Gasteiger partial charge is 0.191 e. The molecule has 16 heavy (non-hydrogen) atoms. The molecule has 1 N–H and O–H groups in total. The van der Waals surface area contributed by atoms with Crippen molar-refractivity contribution < 1.29 is 12.8 Å². The van der Waals surface area contributed by atoms with Crippen LogP contribution in [0.25, 0.3) is 0 Å². The molecule has 0 saturated heterocycles. The molecular formula is C11H16FNO2S. The largest absolute Gasteiger partial charge is 0.301 e. The minimum Gasteiger partial charge on any atom is -0.301 e. The van der Waals surface area contributed by atoms with Gasteiger partial charge in [0.05, 0.1) is 4.90 Å². The van der Waals surface area contributed by atoms with Gasteiger partial charge in [-0.05, 0) is 44.5 Å². The predicted octanol–water partition coefficient (Wildman–Crippen LogP) is 1.86. The molecule has 1 aromatic carbocycles. The van der Waals surface area contributed by atoms with Crippen molar-refractivity contribution in [3.8, 4) is 0 Å². The second-order valence-corrected chi connectivity index (χ2v) is 5.99. The van der Waals surface area contributed by atoms with E-state index in [2.05, 4.69) is 5.32 Å². The quantitative estimate of drug-likeness (QED) is 0.824. The normalized spacial score (nSPS) is 12.1. The van der Waals surface area contributed by atoms with E-state index in [1.807, 2.05) is 13.8 Å². The van der Waals surface area contributed by atoms with Crippen LogP contribution in [0.4, 0.5) is 4.39 Å². The van der Waals surface area contributed by atoms with Crippen LogP contribution < -0.4 is 5.32 Å². The van der Waals surface area contributed by atoms with Crippen LogP contribution in [0, 0.1) is 12.7 Å². The Morgan fingerprint density at radius 2 is 2.00 bits per heavy atom. The molecule has 0 bridgehead atoms. The third kappa shape index (κ3) is 3.28. The Balaban J connectivity index is 2.99. The molecule has 1 rings (SSSR count). The number of sulfone groups is 1. The molecule has 1 aromatic rings. The highest BCUT2D eigenvalue weighted by Crippen LogP contribution is 2.17. The highest BCUT2D eigenvalue weighted by Gasteiger charge is 2.17. The number of aryl methyl sites for hydroxylation is 1. The zero-order valence-corrected chi connectivity index (χ0v) is 10.4. The Hall–Kier alpha value is -0.940. The Morgan fingerprint density at radius 3 is 2.50 bits per heavy atom. The van der Waals surface area contributed by atoms with Crippen LogP contribution in [-0.4, -0.2) is 20.3 Å². The first-order valence-electron chi connectivity index (χ1n) is 5.05. The molecule has 0 atom stereocenters. The monoisotopic (exact) mass is 245 g/mol. The van der Waals surface area contributed by atoms with Gasteiger partial charge in [0.2, 0.25) is 0 Å². The van der Waals surface area contributed by atoms with Gasteiger partial charge in [0.15, 0.2) is 9.84 Å². The summed E-state index contributed by atoms with van der Waals surface area (Å²) in [4.78, 5) is 0.182. The molecular weight excluding hydrogens is 229 g/mol. The molecule has 0 unspecified atom stereocenters. The van der Waals surface area contributed by atoms with Gasteiger partial charge in [0.1, 0.15) is 11.7 Å². The second-order valence-electron chi connectivity index (χ2n) is 4.03. The van der Waals surface area contributed by atoms with Crippen molar-refractivity contribution in [2.24, 2.45) is 0 Å². The van der Waals surface area contributed by atoms with E-state index in [9.17, 15) is 12.8 Å². The fraction of sp³-hybridized carbons (Fsp3) is 0.455. The van der Waals surface area contributed by atoms with E-state index in [0.29, 0.717) is 5.56 Å². The summed E-state index contributed by atoms with van der Waals surface area (Å²) in [6.45, 7) is 5.32. The van der Waals surface area contributed by atoms with E-state index in [-0.39, 0.29) is 16.8 Å². The SMILES string of the molecule is Cc1cc(F)ccc1S(=O)(=O)CNC(C)C. The lowest BCUT2D eigenvalue weighted by atomic mass is 10.2. The fourth-order valence-corrected chi connectivity index (χ4v) is 2.85. The molecule has 5 heteroatoms. The number of nitrogens with one attached hydrogen (secondary N) is 1. The van der Waals surface area contributed by atoms with Crippen LogP contribution in [0.2, 0.25) is 0 Å². The van der Waals surface area contributed by atoms with E-state index in [1.165, 1.54) is 12.1 Å². The van der Waals surface area contributed by atoms with E-state index in [1.54, 1.807) is 6.92 Å². The van der Waals surface area contributed by atoms with E-state index in [4.69, 9.17) is 0 Å². The molecule has 0 heterocycles. The zero-order valence-electron chi connectivity index (χ0n) is 9.62. The van der Waals surface area contributed by atoms with Gasteiger partial charge in [0.25, 0.3) is 0 Å². The molecule has 0 saturated carbocycles. The van der Waals surface area contributed by atoms with Crippen molar-refractivity contribution in [3.63, 3.8) is 0 Å². The molecule has 0 aromatic heterocycles. The van der Waals surface area contributed by atoms with Crippen molar-refractivity contribution in [1.82, 2.24) is 5.32 Å². The number of hydrogen-bond donors (Lipinski definition) is 1. The van der Waals surface area contributed by atoms with Crippen LogP contribution in [0.15, 0.2) is 23.1 Å². The van der Waals surface area contributed by atoms with Gasteiger partial charge in [-0.2, -0.15) is 0 Å². The van der Waals surface area contributed by atoms with E-state index in [0.717, 1.165) is 6.07 Å². The summed E-state index contributed by atoms with van der Waals surface area (Å²) in [5.41, 5.74) is 0.436. The van der Waals surface area contributed by atoms with Crippen LogP contribution in [0.3, 0.4) is 0 Å². The average Bonchev–Trinajstić information content (AvgIpc) is 2.14. The van der Waals surface area contributed by atoms with Gasteiger partial charge >= 0.3 is 0 Å². The Kier molecular flexibility index (Phi) is 4.04. The van der Waals surface area contributed by atoms with Gasteiger partial charge in [-0.3, -0.25) is 0 Å². The maximum absolute atomic E-state index is 12.8. The lowest BCUT2D eigenvalue weighted by molar-refractivity contribution is 0.571. The minimum absolute atomic E-state index is 0.0931. The van der Waals surface area contributed by atoms with Gasteiger partial charge in [-0.25, -0.2) is 12.8 Å². The van der Waals surface area contributed by atoms with Gasteiger partial charge in [0, 0.05) is 6.04 Å². The van der Waals surface area contributed by atoms with Crippen LogP contribution in [-0.2, 0) is 9.84 Å². The summed E-state index contributed by atoms with van der Waals surface area (Å²) in [7, 11) is -3.38. The maximum atomic E-state index is 12.8. The van der Waals surface area contributed by atoms with Gasteiger partial charge < -0.3 is 5.32 Å². The molecule has 0 aliphatic carbocycles. The first-order chi connectivity index (χ1) is 7.33. The second kappa shape index (κ2) is 4.93. The first-order valence-corrected chi connectivity index (χ1v) is 6.70. The van der Waals surface area contributed by atoms with Crippen molar-refractivity contribution in [2.75, 3.05) is 5.88 Å². The van der Waals surface area contributed by atoms with Crippen LogP contribution in [0.1, 0.15) is 19.4 Å². The summed E-state index contributed by atoms with van der Waals surface area (Å²) >= 11 is 0. The molecule has 0 spiro atoms. The third-order valence-corrected chi connectivity index (χ3v) is 3.83. The lowest BCUT2D eigenvalue weighted by Crippen LogP contribution is -2.29. The number of halogens is 1. The lowest BCUT2D eigenvalue weighted by Gasteiger charge is -2.10. The zero-order chi connectivity index (χ0) is 12.3. The van der Waals surface area contributed by atoms with Crippen molar-refractivity contribution in [3.05, 3.63) is 29.6 Å².